The largest absolute Gasteiger partial charge is 0.477 e. The van der Waals surface area contributed by atoms with Crippen LogP contribution < -0.4 is 20.1 Å². The van der Waals surface area contributed by atoms with Crippen LogP contribution in [0.3, 0.4) is 0 Å². The van der Waals surface area contributed by atoms with Crippen molar-refractivity contribution in [3.05, 3.63) is 53.7 Å². The third-order valence-corrected chi connectivity index (χ3v) is 4.36. The number of nitrogens with one attached hydrogen (secondary N) is 2. The van der Waals surface area contributed by atoms with Gasteiger partial charge in [-0.3, -0.25) is 0 Å². The molecule has 1 heterocycles. The van der Waals surface area contributed by atoms with Crippen LogP contribution in [-0.4, -0.2) is 30.7 Å². The monoisotopic (exact) mass is 532 g/mol. The Hall–Kier alpha value is -2.17. The molecule has 2 N–H and O–H groups in total. The van der Waals surface area contributed by atoms with Gasteiger partial charge in [-0.1, -0.05) is 24.3 Å². The van der Waals surface area contributed by atoms with Crippen LogP contribution in [0.2, 0.25) is 0 Å². The van der Waals surface area contributed by atoms with Crippen LogP contribution in [-0.2, 0) is 13.1 Å². The lowest BCUT2D eigenvalue weighted by Crippen LogP contribution is -2.36. The fourth-order valence-corrected chi connectivity index (χ4v) is 2.63. The number of para-hydroxylation sites is 1. The van der Waals surface area contributed by atoms with Crippen molar-refractivity contribution in [3.8, 4) is 11.6 Å². The van der Waals surface area contributed by atoms with Gasteiger partial charge in [0.25, 0.3) is 0 Å². The zero-order valence-electron chi connectivity index (χ0n) is 16.8. The normalized spacial score (nSPS) is 13.5. The van der Waals surface area contributed by atoms with Crippen LogP contribution in [0.4, 0.5) is 8.78 Å². The summed E-state index contributed by atoms with van der Waals surface area (Å²) in [4.78, 5) is 8.84. The van der Waals surface area contributed by atoms with Crippen molar-refractivity contribution in [2.24, 2.45) is 10.9 Å². The van der Waals surface area contributed by atoms with E-state index < -0.39 is 6.61 Å². The minimum Gasteiger partial charge on any atom is -0.477 e. The summed E-state index contributed by atoms with van der Waals surface area (Å²) in [5, 5.41) is 6.28. The highest BCUT2D eigenvalue weighted by molar-refractivity contribution is 14.0. The highest BCUT2D eigenvalue weighted by Crippen LogP contribution is 2.29. The summed E-state index contributed by atoms with van der Waals surface area (Å²) in [6, 6.07) is 10.5. The smallest absolute Gasteiger partial charge is 0.387 e. The lowest BCUT2D eigenvalue weighted by molar-refractivity contribution is -0.0504. The Kier molecular flexibility index (Phi) is 10.0. The second kappa shape index (κ2) is 12.5. The summed E-state index contributed by atoms with van der Waals surface area (Å²) in [5.41, 5.74) is 1.57. The number of halogens is 3. The van der Waals surface area contributed by atoms with E-state index in [1.54, 1.807) is 24.4 Å². The number of aromatic nitrogens is 1. The van der Waals surface area contributed by atoms with Crippen LogP contribution in [0.25, 0.3) is 0 Å². The average molecular weight is 532 g/mol. The number of guanidine groups is 1. The van der Waals surface area contributed by atoms with Crippen molar-refractivity contribution >= 4 is 29.9 Å². The van der Waals surface area contributed by atoms with Gasteiger partial charge in [0.05, 0.1) is 13.2 Å². The molecule has 1 saturated carbocycles. The van der Waals surface area contributed by atoms with E-state index in [0.717, 1.165) is 12.2 Å². The molecule has 0 radical (unpaired) electrons. The molecule has 0 bridgehead atoms. The molecule has 1 aliphatic carbocycles. The molecule has 3 rings (SSSR count). The van der Waals surface area contributed by atoms with E-state index in [2.05, 4.69) is 25.3 Å². The summed E-state index contributed by atoms with van der Waals surface area (Å²) in [5.74, 6) is 2.04. The van der Waals surface area contributed by atoms with Gasteiger partial charge in [-0.25, -0.2) is 9.98 Å². The number of rotatable bonds is 10. The van der Waals surface area contributed by atoms with E-state index >= 15 is 0 Å². The molecule has 6 nitrogen and oxygen atoms in total. The molecule has 30 heavy (non-hydrogen) atoms. The van der Waals surface area contributed by atoms with Gasteiger partial charge in [-0.05, 0) is 37.3 Å². The molecule has 0 atom stereocenters. The summed E-state index contributed by atoms with van der Waals surface area (Å²) >= 11 is 0. The lowest BCUT2D eigenvalue weighted by Gasteiger charge is -2.14. The molecular formula is C21H27F2IN4O2. The Morgan fingerprint density at radius 1 is 1.20 bits per heavy atom. The standard InChI is InChI=1S/C21H26F2N4O2.HI/c1-2-24-21(27-13-17-5-3-4-6-18(17)29-20(22)23)26-12-16-9-10-19(25-11-16)28-14-15-7-8-15;/h3-6,9-11,15,20H,2,7-8,12-14H2,1H3,(H2,24,26,27);1H. The van der Waals surface area contributed by atoms with Crippen LogP contribution >= 0.6 is 24.0 Å². The number of aliphatic imine (C=N–C) groups is 1. The van der Waals surface area contributed by atoms with Crippen molar-refractivity contribution in [2.45, 2.75) is 39.5 Å². The fraction of sp³-hybridized carbons (Fsp3) is 0.429. The minimum atomic E-state index is -2.86. The number of benzene rings is 1. The molecule has 9 heteroatoms. The Balaban J connectivity index is 0.00000320. The predicted molar refractivity (Wildman–Crippen MR) is 123 cm³/mol. The molecule has 1 aliphatic rings. The van der Waals surface area contributed by atoms with Gasteiger partial charge in [-0.15, -0.1) is 24.0 Å². The topological polar surface area (TPSA) is 67.8 Å². The quantitative estimate of drug-likeness (QED) is 0.271. The van der Waals surface area contributed by atoms with Gasteiger partial charge < -0.3 is 20.1 Å². The number of pyridine rings is 1. The maximum atomic E-state index is 12.6. The van der Waals surface area contributed by atoms with Crippen molar-refractivity contribution in [1.29, 1.82) is 0 Å². The lowest BCUT2D eigenvalue weighted by atomic mass is 10.2. The molecule has 1 aromatic carbocycles. The highest BCUT2D eigenvalue weighted by atomic mass is 127. The van der Waals surface area contributed by atoms with E-state index in [-0.39, 0.29) is 29.7 Å². The van der Waals surface area contributed by atoms with E-state index in [9.17, 15) is 8.78 Å². The first-order valence-electron chi connectivity index (χ1n) is 9.76. The molecule has 0 spiro atoms. The third kappa shape index (κ3) is 8.29. The molecule has 1 aromatic heterocycles. The van der Waals surface area contributed by atoms with Crippen molar-refractivity contribution in [3.63, 3.8) is 0 Å². The third-order valence-electron chi connectivity index (χ3n) is 4.36. The molecule has 164 valence electrons. The molecule has 0 aliphatic heterocycles. The number of nitrogens with zero attached hydrogens (tertiary/aromatic N) is 2. The fourth-order valence-electron chi connectivity index (χ4n) is 2.63. The summed E-state index contributed by atoms with van der Waals surface area (Å²) in [7, 11) is 0. The molecule has 2 aromatic rings. The van der Waals surface area contributed by atoms with Gasteiger partial charge >= 0.3 is 6.61 Å². The van der Waals surface area contributed by atoms with E-state index in [4.69, 9.17) is 4.74 Å². The zero-order valence-corrected chi connectivity index (χ0v) is 19.1. The molecule has 1 fully saturated rings. The van der Waals surface area contributed by atoms with Gasteiger partial charge in [-0.2, -0.15) is 8.78 Å². The first-order chi connectivity index (χ1) is 14.1. The van der Waals surface area contributed by atoms with Crippen LogP contribution in [0.5, 0.6) is 11.6 Å². The van der Waals surface area contributed by atoms with E-state index in [0.29, 0.717) is 43.0 Å². The highest BCUT2D eigenvalue weighted by Gasteiger charge is 2.22. The Bertz CT molecular complexity index is 802. The second-order valence-electron chi connectivity index (χ2n) is 6.79. The summed E-state index contributed by atoms with van der Waals surface area (Å²) in [6.45, 7) is 1.24. The van der Waals surface area contributed by atoms with Crippen LogP contribution in [0, 0.1) is 5.92 Å². The maximum absolute atomic E-state index is 12.6. The minimum absolute atomic E-state index is 0. The Morgan fingerprint density at radius 2 is 2.00 bits per heavy atom. The van der Waals surface area contributed by atoms with Gasteiger partial charge in [0.1, 0.15) is 5.75 Å². The first kappa shape index (κ1) is 24.1. The average Bonchev–Trinajstić information content (AvgIpc) is 3.54. The maximum Gasteiger partial charge on any atom is 0.387 e. The molecular weight excluding hydrogens is 505 g/mol. The van der Waals surface area contributed by atoms with Crippen molar-refractivity contribution in [2.75, 3.05) is 13.2 Å². The van der Waals surface area contributed by atoms with E-state index in [1.165, 1.54) is 18.9 Å². The summed E-state index contributed by atoms with van der Waals surface area (Å²) in [6.07, 6.45) is 4.23. The Labute approximate surface area is 192 Å². The SMILES string of the molecule is CCNC(=NCc1ccc(OCC2CC2)nc1)NCc1ccccc1OC(F)F.I. The molecule has 0 unspecified atom stereocenters. The number of hydrogen-bond acceptors (Lipinski definition) is 4. The van der Waals surface area contributed by atoms with Gasteiger partial charge in [0.15, 0.2) is 5.96 Å². The predicted octanol–water partition coefficient (Wildman–Crippen LogP) is 4.35. The number of hydrogen-bond donors (Lipinski definition) is 2. The second-order valence-corrected chi connectivity index (χ2v) is 6.79. The van der Waals surface area contributed by atoms with Crippen LogP contribution in [0.1, 0.15) is 30.9 Å². The van der Waals surface area contributed by atoms with Gasteiger partial charge in [0, 0.05) is 30.9 Å². The molecule has 0 amide bonds. The van der Waals surface area contributed by atoms with E-state index in [1.807, 2.05) is 19.1 Å². The van der Waals surface area contributed by atoms with Gasteiger partial charge in [0.2, 0.25) is 5.88 Å². The first-order valence-corrected chi connectivity index (χ1v) is 9.76. The number of alkyl halides is 2. The van der Waals surface area contributed by atoms with Crippen molar-refractivity contribution in [1.82, 2.24) is 15.6 Å². The van der Waals surface area contributed by atoms with Crippen molar-refractivity contribution < 1.29 is 18.3 Å². The van der Waals surface area contributed by atoms with Crippen LogP contribution in [0.15, 0.2) is 47.6 Å². The molecule has 0 saturated heterocycles. The Morgan fingerprint density at radius 3 is 2.67 bits per heavy atom. The summed E-state index contributed by atoms with van der Waals surface area (Å²) < 4.78 is 35.3. The number of ether oxygens (including phenoxy) is 2. The zero-order chi connectivity index (χ0) is 20.5.